The van der Waals surface area contributed by atoms with Gasteiger partial charge in [0.2, 0.25) is 0 Å². The Labute approximate surface area is 209 Å². The van der Waals surface area contributed by atoms with Crippen LogP contribution in [-0.2, 0) is 6.54 Å². The summed E-state index contributed by atoms with van der Waals surface area (Å²) in [5, 5.41) is 6.77. The van der Waals surface area contributed by atoms with Crippen molar-refractivity contribution < 1.29 is 9.47 Å². The maximum Gasteiger partial charge on any atom is 0.191 e. The van der Waals surface area contributed by atoms with Gasteiger partial charge in [0.05, 0.1) is 14.2 Å². The molecule has 0 amide bonds. The summed E-state index contributed by atoms with van der Waals surface area (Å²) < 4.78 is 10.5. The fourth-order valence-corrected chi connectivity index (χ4v) is 3.72. The summed E-state index contributed by atoms with van der Waals surface area (Å²) in [7, 11) is 5.19. The second-order valence-electron chi connectivity index (χ2n) is 7.58. The van der Waals surface area contributed by atoms with Crippen molar-refractivity contribution in [3.05, 3.63) is 54.1 Å². The topological polar surface area (TPSA) is 61.4 Å². The first-order valence-electron chi connectivity index (χ1n) is 10.9. The lowest BCUT2D eigenvalue weighted by molar-refractivity contribution is 0.255. The van der Waals surface area contributed by atoms with Crippen LogP contribution < -0.4 is 25.0 Å². The minimum absolute atomic E-state index is 0. The van der Waals surface area contributed by atoms with Crippen LogP contribution in [0.3, 0.4) is 0 Å². The Morgan fingerprint density at radius 1 is 0.938 bits per heavy atom. The van der Waals surface area contributed by atoms with E-state index in [0.717, 1.165) is 68.7 Å². The van der Waals surface area contributed by atoms with Gasteiger partial charge in [-0.05, 0) is 54.9 Å². The molecule has 0 saturated carbocycles. The predicted octanol–water partition coefficient (Wildman–Crippen LogP) is 3.20. The lowest BCUT2D eigenvalue weighted by Crippen LogP contribution is -2.47. The van der Waals surface area contributed by atoms with Crippen LogP contribution in [0.5, 0.6) is 11.5 Å². The number of ether oxygens (including phenoxy) is 2. The minimum Gasteiger partial charge on any atom is -0.497 e. The molecule has 2 aromatic carbocycles. The third-order valence-corrected chi connectivity index (χ3v) is 5.57. The van der Waals surface area contributed by atoms with Gasteiger partial charge in [0.25, 0.3) is 0 Å². The van der Waals surface area contributed by atoms with Gasteiger partial charge in [-0.25, -0.2) is 0 Å². The number of halogens is 1. The molecule has 0 radical (unpaired) electrons. The smallest absolute Gasteiger partial charge is 0.191 e. The summed E-state index contributed by atoms with van der Waals surface area (Å²) >= 11 is 0. The van der Waals surface area contributed by atoms with Gasteiger partial charge in [-0.15, -0.1) is 24.0 Å². The molecule has 2 N–H and O–H groups in total. The molecule has 0 atom stereocenters. The number of benzene rings is 2. The van der Waals surface area contributed by atoms with Gasteiger partial charge in [-0.1, -0.05) is 12.1 Å². The molecule has 2 aromatic rings. The van der Waals surface area contributed by atoms with Crippen molar-refractivity contribution >= 4 is 35.6 Å². The molecule has 8 heteroatoms. The maximum absolute atomic E-state index is 5.28. The van der Waals surface area contributed by atoms with Crippen LogP contribution in [0.2, 0.25) is 0 Å². The summed E-state index contributed by atoms with van der Waals surface area (Å²) in [5.74, 6) is 2.60. The van der Waals surface area contributed by atoms with Gasteiger partial charge in [0.1, 0.15) is 11.5 Å². The van der Waals surface area contributed by atoms with E-state index >= 15 is 0 Å². The van der Waals surface area contributed by atoms with Crippen molar-refractivity contribution in [1.82, 2.24) is 15.5 Å². The number of methoxy groups -OCH3 is 2. The highest BCUT2D eigenvalue weighted by Gasteiger charge is 2.16. The van der Waals surface area contributed by atoms with E-state index in [1.54, 1.807) is 21.3 Å². The second-order valence-corrected chi connectivity index (χ2v) is 7.58. The largest absolute Gasteiger partial charge is 0.497 e. The fraction of sp³-hybridized carbons (Fsp3) is 0.458. The molecular formula is C24H36IN5O2. The highest BCUT2D eigenvalue weighted by atomic mass is 127. The number of guanidine groups is 1. The van der Waals surface area contributed by atoms with E-state index < -0.39 is 0 Å². The monoisotopic (exact) mass is 553 g/mol. The van der Waals surface area contributed by atoms with Gasteiger partial charge in [-0.3, -0.25) is 9.89 Å². The quantitative estimate of drug-likeness (QED) is 0.215. The molecule has 32 heavy (non-hydrogen) atoms. The van der Waals surface area contributed by atoms with E-state index in [-0.39, 0.29) is 24.0 Å². The standard InChI is InChI=1S/C24H35N5O2.HI/c1-25-24(27-19-20-6-4-7-23(18-20)31-3)26-12-5-13-28-14-16-29(17-15-28)21-8-10-22(30-2)11-9-21;/h4,6-11,18H,5,12-17,19H2,1-3H3,(H2,25,26,27);1H. The highest BCUT2D eigenvalue weighted by molar-refractivity contribution is 14.0. The van der Waals surface area contributed by atoms with Crippen LogP contribution in [0.4, 0.5) is 5.69 Å². The van der Waals surface area contributed by atoms with E-state index in [1.165, 1.54) is 5.69 Å². The number of anilines is 1. The number of hydrogen-bond acceptors (Lipinski definition) is 5. The molecule has 0 aliphatic carbocycles. The molecule has 3 rings (SSSR count). The fourth-order valence-electron chi connectivity index (χ4n) is 3.72. The normalized spacial score (nSPS) is 14.5. The van der Waals surface area contributed by atoms with E-state index in [0.29, 0.717) is 6.54 Å². The SMILES string of the molecule is CN=C(NCCCN1CCN(c2ccc(OC)cc2)CC1)NCc1cccc(OC)c1.I. The molecule has 0 unspecified atom stereocenters. The number of hydrogen-bond donors (Lipinski definition) is 2. The van der Waals surface area contributed by atoms with E-state index in [9.17, 15) is 0 Å². The first-order valence-corrected chi connectivity index (χ1v) is 10.9. The zero-order valence-corrected chi connectivity index (χ0v) is 21.7. The Bertz CT molecular complexity index is 823. The summed E-state index contributed by atoms with van der Waals surface area (Å²) in [6.07, 6.45) is 1.09. The number of piperazine rings is 1. The van der Waals surface area contributed by atoms with E-state index in [2.05, 4.69) is 43.6 Å². The molecule has 0 aromatic heterocycles. The number of nitrogens with zero attached hydrogens (tertiary/aromatic N) is 3. The third-order valence-electron chi connectivity index (χ3n) is 5.57. The van der Waals surface area contributed by atoms with E-state index in [1.807, 2.05) is 30.3 Å². The second kappa shape index (κ2) is 14.1. The average molecular weight is 553 g/mol. The minimum atomic E-state index is 0. The van der Waals surface area contributed by atoms with Crippen LogP contribution in [0.1, 0.15) is 12.0 Å². The third kappa shape index (κ3) is 8.05. The maximum atomic E-state index is 5.28. The summed E-state index contributed by atoms with van der Waals surface area (Å²) in [6, 6.07) is 16.4. The number of nitrogens with one attached hydrogen (secondary N) is 2. The first kappa shape index (κ1) is 26.1. The van der Waals surface area contributed by atoms with Gasteiger partial charge in [0, 0.05) is 52.0 Å². The van der Waals surface area contributed by atoms with Crippen LogP contribution in [0.25, 0.3) is 0 Å². The first-order chi connectivity index (χ1) is 15.2. The van der Waals surface area contributed by atoms with Gasteiger partial charge in [0.15, 0.2) is 5.96 Å². The zero-order chi connectivity index (χ0) is 21.9. The van der Waals surface area contributed by atoms with Crippen molar-refractivity contribution in [3.8, 4) is 11.5 Å². The molecule has 0 spiro atoms. The Hall–Kier alpha value is -2.20. The predicted molar refractivity (Wildman–Crippen MR) is 143 cm³/mol. The molecular weight excluding hydrogens is 517 g/mol. The average Bonchev–Trinajstić information content (AvgIpc) is 2.84. The summed E-state index contributed by atoms with van der Waals surface area (Å²) in [5.41, 5.74) is 2.44. The van der Waals surface area contributed by atoms with E-state index in [4.69, 9.17) is 9.47 Å². The van der Waals surface area contributed by atoms with Crippen molar-refractivity contribution in [2.75, 3.05) is 65.4 Å². The number of rotatable bonds is 9. The summed E-state index contributed by atoms with van der Waals surface area (Å²) in [6.45, 7) is 7.01. The molecule has 1 aliphatic heterocycles. The highest BCUT2D eigenvalue weighted by Crippen LogP contribution is 2.20. The van der Waals surface area contributed by atoms with Crippen molar-refractivity contribution in [2.45, 2.75) is 13.0 Å². The van der Waals surface area contributed by atoms with Gasteiger partial charge >= 0.3 is 0 Å². The molecule has 1 heterocycles. The van der Waals surface area contributed by atoms with Crippen LogP contribution in [-0.4, -0.2) is 71.4 Å². The lowest BCUT2D eigenvalue weighted by atomic mass is 10.2. The van der Waals surface area contributed by atoms with Crippen molar-refractivity contribution in [3.63, 3.8) is 0 Å². The molecule has 1 fully saturated rings. The Morgan fingerprint density at radius 2 is 1.66 bits per heavy atom. The van der Waals surface area contributed by atoms with Crippen LogP contribution in [0, 0.1) is 0 Å². The Kier molecular flexibility index (Phi) is 11.4. The molecule has 7 nitrogen and oxygen atoms in total. The molecule has 1 aliphatic rings. The van der Waals surface area contributed by atoms with Gasteiger partial charge in [-0.2, -0.15) is 0 Å². The molecule has 0 bridgehead atoms. The zero-order valence-electron chi connectivity index (χ0n) is 19.3. The van der Waals surface area contributed by atoms with Crippen molar-refractivity contribution in [2.24, 2.45) is 4.99 Å². The van der Waals surface area contributed by atoms with Crippen molar-refractivity contribution in [1.29, 1.82) is 0 Å². The van der Waals surface area contributed by atoms with Crippen LogP contribution in [0.15, 0.2) is 53.5 Å². The van der Waals surface area contributed by atoms with Crippen LogP contribution >= 0.6 is 24.0 Å². The summed E-state index contributed by atoms with van der Waals surface area (Å²) in [4.78, 5) is 9.30. The molecule has 1 saturated heterocycles. The molecule has 176 valence electrons. The van der Waals surface area contributed by atoms with Gasteiger partial charge < -0.3 is 25.0 Å². The lowest BCUT2D eigenvalue weighted by Gasteiger charge is -2.36. The Balaban J connectivity index is 0.00000363. The Morgan fingerprint density at radius 3 is 2.31 bits per heavy atom. The number of aliphatic imine (C=N–C) groups is 1.